The van der Waals surface area contributed by atoms with Crippen LogP contribution in [0.25, 0.3) is 6.08 Å². The smallest absolute Gasteiger partial charge is 0.101 e. The molecule has 1 atom stereocenters. The Kier molecular flexibility index (Phi) is 1.40. The molecule has 0 spiro atoms. The lowest BCUT2D eigenvalue weighted by Crippen LogP contribution is -2.26. The van der Waals surface area contributed by atoms with E-state index in [-0.39, 0.29) is 6.17 Å². The molecule has 0 aliphatic carbocycles. The topological polar surface area (TPSA) is 38.0 Å². The number of nitrogens with two attached hydrogens (primary N) is 1. The maximum Gasteiger partial charge on any atom is 0.101 e. The van der Waals surface area contributed by atoms with E-state index in [2.05, 4.69) is 11.4 Å². The van der Waals surface area contributed by atoms with E-state index in [1.165, 1.54) is 5.56 Å². The summed E-state index contributed by atoms with van der Waals surface area (Å²) in [5.41, 5.74) is 8.15. The van der Waals surface area contributed by atoms with Crippen molar-refractivity contribution in [2.75, 3.05) is 0 Å². The lowest BCUT2D eigenvalue weighted by Gasteiger charge is -2.18. The van der Waals surface area contributed by atoms with Gasteiger partial charge in [-0.25, -0.2) is 0 Å². The first kappa shape index (κ1) is 6.43. The number of fused-ring (bicyclic) bond motifs is 1. The van der Waals surface area contributed by atoms with Crippen LogP contribution in [0.2, 0.25) is 0 Å². The van der Waals surface area contributed by atoms with E-state index in [4.69, 9.17) is 5.73 Å². The third kappa shape index (κ3) is 1.01. The Morgan fingerprint density at radius 1 is 1.27 bits per heavy atom. The highest BCUT2D eigenvalue weighted by molar-refractivity contribution is 5.56. The molecule has 0 amide bonds. The van der Waals surface area contributed by atoms with Crippen LogP contribution < -0.4 is 11.1 Å². The van der Waals surface area contributed by atoms with Crippen molar-refractivity contribution < 1.29 is 0 Å². The zero-order valence-electron chi connectivity index (χ0n) is 6.12. The van der Waals surface area contributed by atoms with Crippen LogP contribution in [-0.4, -0.2) is 0 Å². The van der Waals surface area contributed by atoms with Crippen LogP contribution >= 0.6 is 0 Å². The van der Waals surface area contributed by atoms with Gasteiger partial charge in [-0.05, 0) is 23.4 Å². The molecule has 1 aliphatic rings. The highest BCUT2D eigenvalue weighted by Crippen LogP contribution is 2.18. The van der Waals surface area contributed by atoms with Crippen molar-refractivity contribution in [2.24, 2.45) is 5.73 Å². The van der Waals surface area contributed by atoms with Crippen molar-refractivity contribution in [3.8, 4) is 0 Å². The van der Waals surface area contributed by atoms with Gasteiger partial charge in [0.1, 0.15) is 6.17 Å². The molecule has 11 heavy (non-hydrogen) atoms. The minimum atomic E-state index is -0.0452. The van der Waals surface area contributed by atoms with Crippen LogP contribution in [0.1, 0.15) is 17.3 Å². The van der Waals surface area contributed by atoms with Crippen LogP contribution in [0.15, 0.2) is 30.5 Å². The largest absolute Gasteiger partial charge is 0.372 e. The Bertz CT molecular complexity index is 291. The maximum atomic E-state index is 5.78. The fourth-order valence-corrected chi connectivity index (χ4v) is 1.28. The van der Waals surface area contributed by atoms with E-state index in [1.54, 1.807) is 0 Å². The minimum absolute atomic E-state index is 0.0452. The Balaban J connectivity index is 2.54. The van der Waals surface area contributed by atoms with Crippen molar-refractivity contribution in [1.29, 1.82) is 0 Å². The number of hydrogen-bond acceptors (Lipinski definition) is 2. The molecule has 1 aromatic rings. The molecule has 1 unspecified atom stereocenters. The monoisotopic (exact) mass is 146 g/mol. The first-order valence-electron chi connectivity index (χ1n) is 3.65. The highest BCUT2D eigenvalue weighted by atomic mass is 15.0. The Hall–Kier alpha value is -1.28. The van der Waals surface area contributed by atoms with E-state index in [0.29, 0.717) is 0 Å². The molecular weight excluding hydrogens is 136 g/mol. The predicted molar refractivity (Wildman–Crippen MR) is 45.5 cm³/mol. The lowest BCUT2D eigenvalue weighted by molar-refractivity contribution is 0.646. The molecule has 0 bridgehead atoms. The second-order valence-electron chi connectivity index (χ2n) is 2.61. The number of nitrogens with one attached hydrogen (secondary N) is 1. The van der Waals surface area contributed by atoms with Crippen LogP contribution in [-0.2, 0) is 0 Å². The van der Waals surface area contributed by atoms with E-state index in [9.17, 15) is 0 Å². The van der Waals surface area contributed by atoms with E-state index < -0.39 is 0 Å². The molecule has 2 heteroatoms. The van der Waals surface area contributed by atoms with Gasteiger partial charge in [-0.3, -0.25) is 0 Å². The normalized spacial score (nSPS) is 20.6. The van der Waals surface area contributed by atoms with E-state index in [1.807, 2.05) is 30.5 Å². The second-order valence-corrected chi connectivity index (χ2v) is 2.61. The van der Waals surface area contributed by atoms with Gasteiger partial charge in [0.05, 0.1) is 0 Å². The SMILES string of the molecule is NC1NC=Cc2ccccc21. The molecule has 2 rings (SSSR count). The van der Waals surface area contributed by atoms with Crippen LogP contribution in [0.3, 0.4) is 0 Å². The van der Waals surface area contributed by atoms with Gasteiger partial charge >= 0.3 is 0 Å². The van der Waals surface area contributed by atoms with Crippen LogP contribution in [0.5, 0.6) is 0 Å². The third-order valence-electron chi connectivity index (χ3n) is 1.87. The zero-order valence-corrected chi connectivity index (χ0v) is 6.12. The van der Waals surface area contributed by atoms with E-state index in [0.717, 1.165) is 5.56 Å². The quantitative estimate of drug-likeness (QED) is 0.577. The second kappa shape index (κ2) is 2.40. The maximum absolute atomic E-state index is 5.78. The van der Waals surface area contributed by atoms with Crippen molar-refractivity contribution in [1.82, 2.24) is 5.32 Å². The molecule has 0 fully saturated rings. The average Bonchev–Trinajstić information content (AvgIpc) is 2.06. The lowest BCUT2D eigenvalue weighted by atomic mass is 10.0. The molecule has 0 aromatic heterocycles. The van der Waals surface area contributed by atoms with Gasteiger partial charge in [-0.2, -0.15) is 0 Å². The van der Waals surface area contributed by atoms with E-state index >= 15 is 0 Å². The summed E-state index contributed by atoms with van der Waals surface area (Å²) >= 11 is 0. The van der Waals surface area contributed by atoms with Gasteiger partial charge < -0.3 is 11.1 Å². The molecule has 1 aliphatic heterocycles. The number of hydrogen-bond donors (Lipinski definition) is 2. The van der Waals surface area contributed by atoms with Gasteiger partial charge in [0.2, 0.25) is 0 Å². The summed E-state index contributed by atoms with van der Waals surface area (Å²) in [5.74, 6) is 0. The summed E-state index contributed by atoms with van der Waals surface area (Å²) in [6.45, 7) is 0. The van der Waals surface area contributed by atoms with Gasteiger partial charge in [-0.1, -0.05) is 24.3 Å². The summed E-state index contributed by atoms with van der Waals surface area (Å²) in [5, 5.41) is 3.04. The third-order valence-corrected chi connectivity index (χ3v) is 1.87. The molecule has 1 heterocycles. The summed E-state index contributed by atoms with van der Waals surface area (Å²) < 4.78 is 0. The zero-order chi connectivity index (χ0) is 7.68. The first-order valence-corrected chi connectivity index (χ1v) is 3.65. The molecule has 0 radical (unpaired) electrons. The van der Waals surface area contributed by atoms with Crippen molar-refractivity contribution in [2.45, 2.75) is 6.17 Å². The average molecular weight is 146 g/mol. The van der Waals surface area contributed by atoms with Crippen LogP contribution in [0, 0.1) is 0 Å². The highest BCUT2D eigenvalue weighted by Gasteiger charge is 2.09. The van der Waals surface area contributed by atoms with Gasteiger partial charge in [0, 0.05) is 0 Å². The predicted octanol–water partition coefficient (Wildman–Crippen LogP) is 1.22. The van der Waals surface area contributed by atoms with Crippen molar-refractivity contribution in [3.63, 3.8) is 0 Å². The number of rotatable bonds is 0. The summed E-state index contributed by atoms with van der Waals surface area (Å²) in [4.78, 5) is 0. The van der Waals surface area contributed by atoms with Gasteiger partial charge in [0.25, 0.3) is 0 Å². The van der Waals surface area contributed by atoms with Crippen LogP contribution in [0.4, 0.5) is 0 Å². The minimum Gasteiger partial charge on any atom is -0.372 e. The molecular formula is C9H10N2. The summed E-state index contributed by atoms with van der Waals surface area (Å²) in [7, 11) is 0. The number of benzene rings is 1. The molecule has 0 saturated heterocycles. The van der Waals surface area contributed by atoms with Gasteiger partial charge in [-0.15, -0.1) is 0 Å². The Morgan fingerprint density at radius 2 is 2.09 bits per heavy atom. The fourth-order valence-electron chi connectivity index (χ4n) is 1.28. The standard InChI is InChI=1S/C9H10N2/c10-9-8-4-2-1-3-7(8)5-6-11-9/h1-6,9,11H,10H2. The fraction of sp³-hybridized carbons (Fsp3) is 0.111. The Morgan fingerprint density at radius 3 is 2.91 bits per heavy atom. The molecule has 2 nitrogen and oxygen atoms in total. The molecule has 0 saturated carbocycles. The van der Waals surface area contributed by atoms with Gasteiger partial charge in [0.15, 0.2) is 0 Å². The molecule has 56 valence electrons. The van der Waals surface area contributed by atoms with Crippen molar-refractivity contribution >= 4 is 6.08 Å². The Labute approximate surface area is 65.7 Å². The molecule has 1 aromatic carbocycles. The summed E-state index contributed by atoms with van der Waals surface area (Å²) in [6.07, 6.45) is 3.86. The molecule has 3 N–H and O–H groups in total. The first-order chi connectivity index (χ1) is 5.38. The van der Waals surface area contributed by atoms with Crippen molar-refractivity contribution in [3.05, 3.63) is 41.6 Å². The summed E-state index contributed by atoms with van der Waals surface area (Å²) in [6, 6.07) is 8.11.